The predicted octanol–water partition coefficient (Wildman–Crippen LogP) is 3.03. The number of hydrogen-bond acceptors (Lipinski definition) is 3. The number of hydrogen-bond donors (Lipinski definition) is 1. The lowest BCUT2D eigenvalue weighted by molar-refractivity contribution is -0.0119. The number of esters is 1. The van der Waals surface area contributed by atoms with Crippen LogP contribution in [0.4, 0.5) is 0 Å². The van der Waals surface area contributed by atoms with Gasteiger partial charge in [-0.15, -0.1) is 0 Å². The van der Waals surface area contributed by atoms with Crippen LogP contribution in [-0.4, -0.2) is 25.0 Å². The van der Waals surface area contributed by atoms with Gasteiger partial charge in [-0.25, -0.2) is 4.79 Å². The summed E-state index contributed by atoms with van der Waals surface area (Å²) in [4.78, 5) is 24.3. The van der Waals surface area contributed by atoms with E-state index >= 15 is 0 Å². The van der Waals surface area contributed by atoms with Crippen LogP contribution in [0.15, 0.2) is 24.3 Å². The smallest absolute Gasteiger partial charge is 0.337 e. The zero-order valence-electron chi connectivity index (χ0n) is 13.5. The van der Waals surface area contributed by atoms with E-state index in [1.165, 1.54) is 39.2 Å². The van der Waals surface area contributed by atoms with Crippen molar-refractivity contribution in [2.75, 3.05) is 7.11 Å². The van der Waals surface area contributed by atoms with Gasteiger partial charge in [-0.05, 0) is 74.0 Å². The predicted molar refractivity (Wildman–Crippen MR) is 86.1 cm³/mol. The van der Waals surface area contributed by atoms with Gasteiger partial charge in [0.25, 0.3) is 5.91 Å². The number of ether oxygens (including phenoxy) is 1. The van der Waals surface area contributed by atoms with Crippen LogP contribution in [0.3, 0.4) is 0 Å². The Kier molecular flexibility index (Phi) is 3.63. The third-order valence-corrected chi connectivity index (χ3v) is 6.07. The Morgan fingerprint density at radius 1 is 1.00 bits per heavy atom. The molecule has 0 spiro atoms. The van der Waals surface area contributed by atoms with Gasteiger partial charge >= 0.3 is 5.97 Å². The van der Waals surface area contributed by atoms with Crippen molar-refractivity contribution in [1.29, 1.82) is 0 Å². The summed E-state index contributed by atoms with van der Waals surface area (Å²) in [6, 6.07) is 7.11. The van der Waals surface area contributed by atoms with Crippen LogP contribution in [0.2, 0.25) is 0 Å². The van der Waals surface area contributed by atoms with Gasteiger partial charge in [0.05, 0.1) is 12.7 Å². The van der Waals surface area contributed by atoms with Crippen LogP contribution in [0, 0.1) is 23.7 Å². The molecule has 4 aliphatic carbocycles. The summed E-state index contributed by atoms with van der Waals surface area (Å²) in [6.45, 7) is 0. The molecule has 1 aromatic carbocycles. The molecular weight excluding hydrogens is 290 g/mol. The molecule has 0 radical (unpaired) electrons. The van der Waals surface area contributed by atoms with Crippen molar-refractivity contribution >= 4 is 11.9 Å². The van der Waals surface area contributed by atoms with Crippen molar-refractivity contribution in [3.63, 3.8) is 0 Å². The largest absolute Gasteiger partial charge is 0.465 e. The van der Waals surface area contributed by atoms with Gasteiger partial charge in [-0.1, -0.05) is 6.07 Å². The summed E-state index contributed by atoms with van der Waals surface area (Å²) in [5.41, 5.74) is 0.965. The highest BCUT2D eigenvalue weighted by atomic mass is 16.5. The minimum absolute atomic E-state index is 0.0618. The Bertz CT molecular complexity index is 611. The summed E-state index contributed by atoms with van der Waals surface area (Å²) in [5, 5.41) is 3.27. The quantitative estimate of drug-likeness (QED) is 0.873. The highest BCUT2D eigenvalue weighted by molar-refractivity contribution is 5.98. The van der Waals surface area contributed by atoms with Crippen LogP contribution in [0.1, 0.15) is 52.8 Å². The van der Waals surface area contributed by atoms with Gasteiger partial charge in [0.1, 0.15) is 0 Å². The summed E-state index contributed by atoms with van der Waals surface area (Å²) in [7, 11) is 1.35. The van der Waals surface area contributed by atoms with E-state index in [0.717, 1.165) is 11.8 Å². The first-order valence-corrected chi connectivity index (χ1v) is 8.63. The van der Waals surface area contributed by atoms with E-state index < -0.39 is 5.97 Å². The van der Waals surface area contributed by atoms with E-state index in [9.17, 15) is 9.59 Å². The molecule has 1 aromatic rings. The van der Waals surface area contributed by atoms with Gasteiger partial charge in [-0.2, -0.15) is 0 Å². The Hall–Kier alpha value is -1.84. The highest BCUT2D eigenvalue weighted by Gasteiger charge is 2.48. The molecule has 0 unspecified atom stereocenters. The minimum Gasteiger partial charge on any atom is -0.465 e. The fraction of sp³-hybridized carbons (Fsp3) is 0.579. The Morgan fingerprint density at radius 3 is 2.22 bits per heavy atom. The molecular formula is C19H23NO3. The summed E-state index contributed by atoms with van der Waals surface area (Å²) >= 11 is 0. The number of amides is 1. The third kappa shape index (κ3) is 2.64. The number of methoxy groups -OCH3 is 1. The molecule has 1 N–H and O–H groups in total. The van der Waals surface area contributed by atoms with E-state index in [2.05, 4.69) is 5.32 Å². The molecule has 0 atom stereocenters. The van der Waals surface area contributed by atoms with Gasteiger partial charge in [-0.3, -0.25) is 4.79 Å². The van der Waals surface area contributed by atoms with E-state index in [4.69, 9.17) is 4.74 Å². The molecule has 5 rings (SSSR count). The molecule has 1 amide bonds. The lowest BCUT2D eigenvalue weighted by Gasteiger charge is -2.54. The second-order valence-corrected chi connectivity index (χ2v) is 7.50. The molecule has 23 heavy (non-hydrogen) atoms. The number of benzene rings is 1. The Morgan fingerprint density at radius 2 is 1.61 bits per heavy atom. The second-order valence-electron chi connectivity index (χ2n) is 7.50. The first-order valence-electron chi connectivity index (χ1n) is 8.63. The minimum atomic E-state index is -0.408. The van der Waals surface area contributed by atoms with Crippen LogP contribution < -0.4 is 5.32 Å². The number of nitrogens with one attached hydrogen (secondary N) is 1. The van der Waals surface area contributed by atoms with Crippen molar-refractivity contribution in [2.45, 2.75) is 38.1 Å². The normalized spacial score (nSPS) is 34.2. The van der Waals surface area contributed by atoms with Crippen molar-refractivity contribution in [2.24, 2.45) is 23.7 Å². The number of carbonyl (C=O) groups is 2. The maximum atomic E-state index is 12.6. The highest BCUT2D eigenvalue weighted by Crippen LogP contribution is 2.53. The van der Waals surface area contributed by atoms with Gasteiger partial charge < -0.3 is 10.1 Å². The molecule has 4 saturated carbocycles. The van der Waals surface area contributed by atoms with Crippen molar-refractivity contribution < 1.29 is 14.3 Å². The van der Waals surface area contributed by atoms with E-state index in [-0.39, 0.29) is 5.91 Å². The lowest BCUT2D eigenvalue weighted by atomic mass is 9.54. The van der Waals surface area contributed by atoms with Crippen molar-refractivity contribution in [1.82, 2.24) is 5.32 Å². The number of carbonyl (C=O) groups excluding carboxylic acids is 2. The van der Waals surface area contributed by atoms with Crippen LogP contribution >= 0.6 is 0 Å². The van der Waals surface area contributed by atoms with Crippen LogP contribution in [0.5, 0.6) is 0 Å². The van der Waals surface area contributed by atoms with E-state index in [1.54, 1.807) is 24.3 Å². The van der Waals surface area contributed by atoms with Crippen molar-refractivity contribution in [3.05, 3.63) is 35.4 Å². The molecule has 0 aliphatic heterocycles. The molecule has 122 valence electrons. The Labute approximate surface area is 136 Å². The molecule has 4 heteroatoms. The van der Waals surface area contributed by atoms with Crippen molar-refractivity contribution in [3.8, 4) is 0 Å². The lowest BCUT2D eigenvalue weighted by Crippen LogP contribution is -2.55. The summed E-state index contributed by atoms with van der Waals surface area (Å²) in [6.07, 6.45) is 6.52. The molecule has 4 bridgehead atoms. The van der Waals surface area contributed by atoms with Gasteiger partial charge in [0, 0.05) is 11.6 Å². The van der Waals surface area contributed by atoms with E-state index in [0.29, 0.717) is 29.0 Å². The molecule has 0 saturated heterocycles. The molecule has 4 fully saturated rings. The monoisotopic (exact) mass is 313 g/mol. The third-order valence-electron chi connectivity index (χ3n) is 6.07. The maximum absolute atomic E-state index is 12.6. The first kappa shape index (κ1) is 14.7. The number of rotatable bonds is 3. The molecule has 4 nitrogen and oxygen atoms in total. The molecule has 0 heterocycles. The SMILES string of the molecule is COC(=O)c1cccc(C(=O)NC2C3CC4CC(C3)CC2C4)c1. The second kappa shape index (κ2) is 5.66. The van der Waals surface area contributed by atoms with Crippen LogP contribution in [0.25, 0.3) is 0 Å². The molecule has 4 aliphatic rings. The standard InChI is InChI=1S/C19H23NO3/c1-23-19(22)14-4-2-3-13(10-14)18(21)20-17-15-6-11-5-12(8-15)9-16(17)7-11/h2-4,10-12,15-17H,5-9H2,1H3,(H,20,21). The van der Waals surface area contributed by atoms with Gasteiger partial charge in [0.2, 0.25) is 0 Å². The zero-order valence-corrected chi connectivity index (χ0v) is 13.5. The summed E-state index contributed by atoms with van der Waals surface area (Å²) in [5.74, 6) is 2.63. The zero-order chi connectivity index (χ0) is 16.0. The average Bonchev–Trinajstić information content (AvgIpc) is 2.56. The molecule has 0 aromatic heterocycles. The fourth-order valence-electron chi connectivity index (χ4n) is 5.30. The first-order chi connectivity index (χ1) is 11.1. The topological polar surface area (TPSA) is 55.4 Å². The van der Waals surface area contributed by atoms with Crippen LogP contribution in [-0.2, 0) is 4.74 Å². The fourth-order valence-corrected chi connectivity index (χ4v) is 5.30. The van der Waals surface area contributed by atoms with E-state index in [1.807, 2.05) is 0 Å². The summed E-state index contributed by atoms with van der Waals surface area (Å²) < 4.78 is 4.73. The Balaban J connectivity index is 1.49. The maximum Gasteiger partial charge on any atom is 0.337 e. The average molecular weight is 313 g/mol. The van der Waals surface area contributed by atoms with Gasteiger partial charge in [0.15, 0.2) is 0 Å².